The molecule has 12 heteroatoms. The van der Waals surface area contributed by atoms with Crippen molar-refractivity contribution < 1.29 is 17.9 Å². The van der Waals surface area contributed by atoms with Gasteiger partial charge in [-0.15, -0.1) is 0 Å². The summed E-state index contributed by atoms with van der Waals surface area (Å²) in [5.74, 6) is -1.46. The molecule has 0 bridgehead atoms. The van der Waals surface area contributed by atoms with Gasteiger partial charge in [-0.1, -0.05) is 23.7 Å². The third-order valence-corrected chi connectivity index (χ3v) is 5.86. The summed E-state index contributed by atoms with van der Waals surface area (Å²) in [4.78, 5) is 24.7. The number of imidazole rings is 1. The van der Waals surface area contributed by atoms with Crippen molar-refractivity contribution >= 4 is 34.4 Å². The molecule has 3 aromatic heterocycles. The van der Waals surface area contributed by atoms with Crippen LogP contribution in [0.1, 0.15) is 12.0 Å². The fraction of sp³-hybridized carbons (Fsp3) is 0.154. The summed E-state index contributed by atoms with van der Waals surface area (Å²) in [6.07, 6.45) is 1.75. The highest BCUT2D eigenvalue weighted by atomic mass is 35.5. The number of anilines is 2. The second kappa shape index (κ2) is 10.9. The first-order valence-corrected chi connectivity index (χ1v) is 11.9. The maximum atomic E-state index is 13.4. The topological polar surface area (TPSA) is 86.9 Å². The van der Waals surface area contributed by atoms with Crippen LogP contribution in [0.5, 0.6) is 11.5 Å². The molecule has 0 atom stereocenters. The molecule has 194 valence electrons. The number of nitrogens with one attached hydrogen (secondary N) is 1. The number of pyridine rings is 1. The Labute approximate surface area is 219 Å². The van der Waals surface area contributed by atoms with Crippen LogP contribution in [-0.4, -0.2) is 30.8 Å². The van der Waals surface area contributed by atoms with Crippen molar-refractivity contribution in [2.75, 3.05) is 12.0 Å². The highest BCUT2D eigenvalue weighted by Crippen LogP contribution is 2.26. The molecule has 5 rings (SSSR count). The number of alkyl halides is 1. The van der Waals surface area contributed by atoms with E-state index >= 15 is 0 Å². The summed E-state index contributed by atoms with van der Waals surface area (Å²) in [6, 6.07) is 15.7. The van der Waals surface area contributed by atoms with Gasteiger partial charge >= 0.3 is 5.56 Å². The van der Waals surface area contributed by atoms with Crippen molar-refractivity contribution in [3.8, 4) is 11.5 Å². The fourth-order valence-electron chi connectivity index (χ4n) is 3.89. The number of ether oxygens (including phenoxy) is 1. The predicted molar refractivity (Wildman–Crippen MR) is 137 cm³/mol. The van der Waals surface area contributed by atoms with Gasteiger partial charge in [0.1, 0.15) is 11.5 Å². The summed E-state index contributed by atoms with van der Waals surface area (Å²) in [7, 11) is 0. The van der Waals surface area contributed by atoms with Gasteiger partial charge in [0, 0.05) is 29.4 Å². The first kappa shape index (κ1) is 25.3. The van der Waals surface area contributed by atoms with Gasteiger partial charge in [0.05, 0.1) is 19.5 Å². The molecule has 3 heterocycles. The van der Waals surface area contributed by atoms with Crippen LogP contribution in [-0.2, 0) is 13.1 Å². The second-order valence-electron chi connectivity index (χ2n) is 8.31. The van der Waals surface area contributed by atoms with Gasteiger partial charge in [-0.25, -0.2) is 4.98 Å². The van der Waals surface area contributed by atoms with Crippen LogP contribution >= 0.6 is 11.6 Å². The normalized spacial score (nSPS) is 11.2. The Morgan fingerprint density at radius 1 is 0.947 bits per heavy atom. The van der Waals surface area contributed by atoms with E-state index in [0.717, 1.165) is 17.7 Å². The molecule has 0 saturated carbocycles. The minimum atomic E-state index is -0.995. The molecule has 0 aliphatic carbocycles. The van der Waals surface area contributed by atoms with E-state index in [1.807, 2.05) is 12.1 Å². The molecule has 0 aliphatic heterocycles. The summed E-state index contributed by atoms with van der Waals surface area (Å²) in [5.41, 5.74) is 1.62. The van der Waals surface area contributed by atoms with Crippen molar-refractivity contribution in [3.05, 3.63) is 99.8 Å². The van der Waals surface area contributed by atoms with Gasteiger partial charge in [-0.3, -0.25) is 13.8 Å². The number of hydrogen-bond acceptors (Lipinski definition) is 6. The molecular formula is C26H20ClF3N6O2. The minimum Gasteiger partial charge on any atom is -0.457 e. The van der Waals surface area contributed by atoms with Gasteiger partial charge in [0.2, 0.25) is 17.8 Å². The number of halogens is 4. The van der Waals surface area contributed by atoms with E-state index in [2.05, 4.69) is 20.3 Å². The lowest BCUT2D eigenvalue weighted by atomic mass is 10.2. The maximum Gasteiger partial charge on any atom is 0.300 e. The van der Waals surface area contributed by atoms with E-state index in [9.17, 15) is 18.0 Å². The highest BCUT2D eigenvalue weighted by Gasteiger charge is 2.17. The number of fused-ring (bicyclic) bond motifs is 1. The smallest absolute Gasteiger partial charge is 0.300 e. The molecule has 2 aromatic carbocycles. The van der Waals surface area contributed by atoms with E-state index in [1.165, 1.54) is 6.33 Å². The maximum absolute atomic E-state index is 13.4. The van der Waals surface area contributed by atoms with Crippen LogP contribution in [0.15, 0.2) is 71.8 Å². The van der Waals surface area contributed by atoms with Crippen LogP contribution in [0.2, 0.25) is 5.02 Å². The van der Waals surface area contributed by atoms with E-state index in [0.29, 0.717) is 35.2 Å². The van der Waals surface area contributed by atoms with E-state index in [-0.39, 0.29) is 23.6 Å². The van der Waals surface area contributed by atoms with Crippen LogP contribution in [0.4, 0.5) is 24.8 Å². The number of nitrogens with zero attached hydrogens (tertiary/aromatic N) is 5. The standard InChI is InChI=1S/C26H20ClF3N6O2/c27-17-4-2-16(3-5-17)14-36-24-23(35(15-31-24)11-1-10-28)25(37)34-26(36)32-18-6-8-19(9-7-18)38-20-12-21(29)33-22(30)13-20/h2-9,12-13,15H,1,10-11,14H2,(H,32,34,37). The van der Waals surface area contributed by atoms with E-state index < -0.39 is 24.1 Å². The third-order valence-electron chi connectivity index (χ3n) is 5.61. The van der Waals surface area contributed by atoms with Crippen molar-refractivity contribution in [2.24, 2.45) is 0 Å². The number of aromatic nitrogens is 5. The largest absolute Gasteiger partial charge is 0.457 e. The third kappa shape index (κ3) is 5.62. The number of rotatable bonds is 9. The Balaban J connectivity index is 1.47. The first-order valence-electron chi connectivity index (χ1n) is 11.5. The Morgan fingerprint density at radius 2 is 1.66 bits per heavy atom. The molecule has 0 amide bonds. The monoisotopic (exact) mass is 540 g/mol. The zero-order chi connectivity index (χ0) is 26.6. The van der Waals surface area contributed by atoms with Gasteiger partial charge in [-0.05, 0) is 48.4 Å². The average Bonchev–Trinajstić information content (AvgIpc) is 3.31. The lowest BCUT2D eigenvalue weighted by Crippen LogP contribution is -2.20. The van der Waals surface area contributed by atoms with Crippen LogP contribution < -0.4 is 15.6 Å². The molecule has 0 fully saturated rings. The molecule has 8 nitrogen and oxygen atoms in total. The zero-order valence-electron chi connectivity index (χ0n) is 19.7. The van der Waals surface area contributed by atoms with Crippen LogP contribution in [0.25, 0.3) is 11.2 Å². The Kier molecular flexibility index (Phi) is 7.27. The lowest BCUT2D eigenvalue weighted by molar-refractivity contribution is 0.449. The van der Waals surface area contributed by atoms with Gasteiger partial charge in [0.25, 0.3) is 0 Å². The molecule has 0 radical (unpaired) electrons. The fourth-order valence-corrected chi connectivity index (χ4v) is 4.01. The minimum absolute atomic E-state index is 0.0389. The lowest BCUT2D eigenvalue weighted by Gasteiger charge is -2.16. The van der Waals surface area contributed by atoms with Crippen molar-refractivity contribution in [1.29, 1.82) is 0 Å². The molecule has 0 spiro atoms. The molecule has 0 saturated heterocycles. The van der Waals surface area contributed by atoms with Gasteiger partial charge in [0.15, 0.2) is 11.2 Å². The molecule has 0 aliphatic rings. The summed E-state index contributed by atoms with van der Waals surface area (Å²) < 4.78 is 48.3. The highest BCUT2D eigenvalue weighted by molar-refractivity contribution is 6.30. The molecule has 0 unspecified atom stereocenters. The number of hydrogen-bond donors (Lipinski definition) is 1. The first-order chi connectivity index (χ1) is 18.4. The zero-order valence-corrected chi connectivity index (χ0v) is 20.5. The van der Waals surface area contributed by atoms with Crippen molar-refractivity contribution in [1.82, 2.24) is 24.1 Å². The number of benzene rings is 2. The van der Waals surface area contributed by atoms with Gasteiger partial charge < -0.3 is 14.6 Å². The quantitative estimate of drug-likeness (QED) is 0.236. The van der Waals surface area contributed by atoms with Crippen LogP contribution in [0.3, 0.4) is 0 Å². The molecular weight excluding hydrogens is 521 g/mol. The van der Waals surface area contributed by atoms with E-state index in [1.54, 1.807) is 45.5 Å². The summed E-state index contributed by atoms with van der Waals surface area (Å²) in [5, 5.41) is 3.72. The SMILES string of the molecule is O=c1nc(Nc2ccc(Oc3cc(F)nc(F)c3)cc2)n(Cc2ccc(Cl)cc2)c2ncn(CCCF)c12. The predicted octanol–water partition coefficient (Wildman–Crippen LogP) is 5.86. The molecule has 1 N–H and O–H groups in total. The Morgan fingerprint density at radius 3 is 2.34 bits per heavy atom. The van der Waals surface area contributed by atoms with Crippen molar-refractivity contribution in [3.63, 3.8) is 0 Å². The van der Waals surface area contributed by atoms with Crippen LogP contribution in [0, 0.1) is 11.9 Å². The van der Waals surface area contributed by atoms with Gasteiger partial charge in [-0.2, -0.15) is 18.7 Å². The molecule has 5 aromatic rings. The average molecular weight is 541 g/mol. The summed E-state index contributed by atoms with van der Waals surface area (Å²) >= 11 is 6.03. The Hall–Kier alpha value is -4.38. The number of aryl methyl sites for hydroxylation is 1. The second-order valence-corrected chi connectivity index (χ2v) is 8.74. The van der Waals surface area contributed by atoms with Crippen molar-refractivity contribution in [2.45, 2.75) is 19.5 Å². The van der Waals surface area contributed by atoms with E-state index in [4.69, 9.17) is 16.3 Å². The molecule has 38 heavy (non-hydrogen) atoms. The Bertz CT molecular complexity index is 1620. The summed E-state index contributed by atoms with van der Waals surface area (Å²) in [6.45, 7) is 0.102.